The zero-order valence-electron chi connectivity index (χ0n) is 15.3. The molecule has 1 aliphatic carbocycles. The van der Waals surface area contributed by atoms with Crippen molar-refractivity contribution in [2.24, 2.45) is 5.10 Å². The van der Waals surface area contributed by atoms with Gasteiger partial charge in [0.25, 0.3) is 5.91 Å². The molecule has 1 saturated carbocycles. The zero-order chi connectivity index (χ0) is 20.0. The van der Waals surface area contributed by atoms with E-state index in [0.717, 1.165) is 32.1 Å². The Bertz CT molecular complexity index is 905. The number of furan rings is 1. The van der Waals surface area contributed by atoms with Gasteiger partial charge in [0.1, 0.15) is 5.76 Å². The third kappa shape index (κ3) is 5.21. The van der Waals surface area contributed by atoms with E-state index in [0.29, 0.717) is 10.8 Å². The lowest BCUT2D eigenvalue weighted by Gasteiger charge is -2.32. The van der Waals surface area contributed by atoms with E-state index < -0.39 is 15.9 Å². The number of hydrazone groups is 1. The first-order valence-electron chi connectivity index (χ1n) is 9.09. The van der Waals surface area contributed by atoms with Crippen molar-refractivity contribution >= 4 is 33.7 Å². The minimum absolute atomic E-state index is 0.120. The highest BCUT2D eigenvalue weighted by Gasteiger charge is 2.33. The standard InChI is InChI=1S/C19H22ClN3O4S/c20-15-8-10-18(11-9-15)28(25,26)23(16-5-2-1-3-6-16)14-19(24)22-21-13-17-7-4-12-27-17/h4,7-13,16H,1-3,5-6,14H2,(H,22,24). The van der Waals surface area contributed by atoms with Crippen LogP contribution in [0.4, 0.5) is 0 Å². The van der Waals surface area contributed by atoms with E-state index in [1.165, 1.54) is 41.0 Å². The van der Waals surface area contributed by atoms with E-state index in [9.17, 15) is 13.2 Å². The third-order valence-corrected chi connectivity index (χ3v) is 6.79. The summed E-state index contributed by atoms with van der Waals surface area (Å²) in [6, 6.07) is 9.15. The Balaban J connectivity index is 1.76. The molecule has 1 aliphatic rings. The fourth-order valence-electron chi connectivity index (χ4n) is 3.23. The predicted octanol–water partition coefficient (Wildman–Crippen LogP) is 3.41. The van der Waals surface area contributed by atoms with Crippen molar-refractivity contribution in [3.05, 3.63) is 53.4 Å². The van der Waals surface area contributed by atoms with Gasteiger partial charge in [0, 0.05) is 11.1 Å². The van der Waals surface area contributed by atoms with E-state index in [4.69, 9.17) is 16.0 Å². The van der Waals surface area contributed by atoms with Crippen molar-refractivity contribution < 1.29 is 17.6 Å². The molecule has 1 fully saturated rings. The van der Waals surface area contributed by atoms with Crippen LogP contribution in [0.15, 0.2) is 57.1 Å². The Morgan fingerprint density at radius 3 is 2.57 bits per heavy atom. The molecule has 1 aromatic carbocycles. The Labute approximate surface area is 169 Å². The SMILES string of the molecule is O=C(CN(C1CCCCC1)S(=O)(=O)c1ccc(Cl)cc1)NN=Cc1ccco1. The zero-order valence-corrected chi connectivity index (χ0v) is 16.8. The summed E-state index contributed by atoms with van der Waals surface area (Å²) in [5.41, 5.74) is 2.37. The maximum atomic E-state index is 13.2. The predicted molar refractivity (Wildman–Crippen MR) is 107 cm³/mol. The van der Waals surface area contributed by atoms with Crippen LogP contribution in [-0.2, 0) is 14.8 Å². The van der Waals surface area contributed by atoms with Gasteiger partial charge in [-0.2, -0.15) is 9.41 Å². The molecular formula is C19H22ClN3O4S. The lowest BCUT2D eigenvalue weighted by Crippen LogP contribution is -2.46. The van der Waals surface area contributed by atoms with Gasteiger partial charge < -0.3 is 4.42 Å². The molecule has 150 valence electrons. The Kier molecular flexibility index (Phi) is 6.88. The van der Waals surface area contributed by atoms with Crippen LogP contribution >= 0.6 is 11.6 Å². The molecule has 0 spiro atoms. The first-order valence-corrected chi connectivity index (χ1v) is 10.9. The summed E-state index contributed by atoms with van der Waals surface area (Å²) in [6.45, 7) is -0.300. The molecular weight excluding hydrogens is 402 g/mol. The second-order valence-electron chi connectivity index (χ2n) is 6.60. The van der Waals surface area contributed by atoms with E-state index >= 15 is 0 Å². The van der Waals surface area contributed by atoms with Crippen molar-refractivity contribution in [1.29, 1.82) is 0 Å². The highest BCUT2D eigenvalue weighted by Crippen LogP contribution is 2.28. The summed E-state index contributed by atoms with van der Waals surface area (Å²) >= 11 is 5.88. The normalized spacial score (nSPS) is 15.9. The average Bonchev–Trinajstić information content (AvgIpc) is 3.20. The van der Waals surface area contributed by atoms with Crippen LogP contribution in [0.2, 0.25) is 5.02 Å². The van der Waals surface area contributed by atoms with Crippen LogP contribution in [-0.4, -0.2) is 37.4 Å². The Morgan fingerprint density at radius 2 is 1.93 bits per heavy atom. The smallest absolute Gasteiger partial charge is 0.255 e. The molecule has 1 heterocycles. The Hall–Kier alpha value is -2.16. The number of carbonyl (C=O) groups is 1. The number of rotatable bonds is 7. The van der Waals surface area contributed by atoms with E-state index in [1.54, 1.807) is 12.1 Å². The summed E-state index contributed by atoms with van der Waals surface area (Å²) in [6.07, 6.45) is 7.27. The molecule has 0 atom stereocenters. The fourth-order valence-corrected chi connectivity index (χ4v) is 5.00. The van der Waals surface area contributed by atoms with Gasteiger partial charge in [0.2, 0.25) is 10.0 Å². The molecule has 1 amide bonds. The molecule has 1 N–H and O–H groups in total. The second-order valence-corrected chi connectivity index (χ2v) is 8.93. The van der Waals surface area contributed by atoms with Gasteiger partial charge >= 0.3 is 0 Å². The Morgan fingerprint density at radius 1 is 1.21 bits per heavy atom. The van der Waals surface area contributed by atoms with E-state index in [-0.39, 0.29) is 17.5 Å². The molecule has 0 bridgehead atoms. The highest BCUT2D eigenvalue weighted by molar-refractivity contribution is 7.89. The third-order valence-electron chi connectivity index (χ3n) is 4.63. The van der Waals surface area contributed by atoms with Crippen LogP contribution in [0, 0.1) is 0 Å². The first-order chi connectivity index (χ1) is 13.5. The van der Waals surface area contributed by atoms with Crippen molar-refractivity contribution in [2.75, 3.05) is 6.54 Å². The summed E-state index contributed by atoms with van der Waals surface area (Å²) in [7, 11) is -3.84. The summed E-state index contributed by atoms with van der Waals surface area (Å²) in [5, 5.41) is 4.27. The lowest BCUT2D eigenvalue weighted by molar-refractivity contribution is -0.121. The molecule has 9 heteroatoms. The number of halogens is 1. The topological polar surface area (TPSA) is 92.0 Å². The summed E-state index contributed by atoms with van der Waals surface area (Å²) in [4.78, 5) is 12.5. The number of carbonyl (C=O) groups excluding carboxylic acids is 1. The van der Waals surface area contributed by atoms with Crippen LogP contribution < -0.4 is 5.43 Å². The van der Waals surface area contributed by atoms with Crippen molar-refractivity contribution in [2.45, 2.75) is 43.0 Å². The van der Waals surface area contributed by atoms with Crippen molar-refractivity contribution in [3.8, 4) is 0 Å². The minimum Gasteiger partial charge on any atom is -0.463 e. The van der Waals surface area contributed by atoms with Crippen molar-refractivity contribution in [1.82, 2.24) is 9.73 Å². The van der Waals surface area contributed by atoms with Gasteiger partial charge in [0.05, 0.1) is 23.9 Å². The van der Waals surface area contributed by atoms with Gasteiger partial charge in [-0.25, -0.2) is 13.8 Å². The van der Waals surface area contributed by atoms with Gasteiger partial charge in [-0.05, 0) is 49.2 Å². The first kappa shape index (κ1) is 20.6. The fraction of sp³-hybridized carbons (Fsp3) is 0.368. The van der Waals surface area contributed by atoms with Gasteiger partial charge in [-0.1, -0.05) is 30.9 Å². The number of benzene rings is 1. The van der Waals surface area contributed by atoms with Crippen LogP contribution in [0.5, 0.6) is 0 Å². The van der Waals surface area contributed by atoms with Crippen LogP contribution in [0.3, 0.4) is 0 Å². The number of amides is 1. The molecule has 0 aliphatic heterocycles. The highest BCUT2D eigenvalue weighted by atomic mass is 35.5. The molecule has 0 radical (unpaired) electrons. The van der Waals surface area contributed by atoms with E-state index in [1.807, 2.05) is 0 Å². The number of hydrogen-bond donors (Lipinski definition) is 1. The molecule has 28 heavy (non-hydrogen) atoms. The monoisotopic (exact) mass is 423 g/mol. The maximum Gasteiger partial charge on any atom is 0.255 e. The number of nitrogens with one attached hydrogen (secondary N) is 1. The molecule has 7 nitrogen and oxygen atoms in total. The molecule has 0 unspecified atom stereocenters. The maximum absolute atomic E-state index is 13.2. The molecule has 0 saturated heterocycles. The molecule has 3 rings (SSSR count). The quantitative estimate of drug-likeness (QED) is 0.545. The second kappa shape index (κ2) is 9.36. The number of sulfonamides is 1. The summed E-state index contributed by atoms with van der Waals surface area (Å²) < 4.78 is 32.8. The number of hydrogen-bond acceptors (Lipinski definition) is 5. The molecule has 1 aromatic heterocycles. The van der Waals surface area contributed by atoms with Crippen LogP contribution in [0.1, 0.15) is 37.9 Å². The average molecular weight is 424 g/mol. The lowest BCUT2D eigenvalue weighted by atomic mass is 9.95. The minimum atomic E-state index is -3.84. The number of nitrogens with zero attached hydrogens (tertiary/aromatic N) is 2. The molecule has 2 aromatic rings. The largest absolute Gasteiger partial charge is 0.463 e. The van der Waals surface area contributed by atoms with Gasteiger partial charge in [0.15, 0.2) is 0 Å². The van der Waals surface area contributed by atoms with Gasteiger partial charge in [-0.15, -0.1) is 0 Å². The van der Waals surface area contributed by atoms with Crippen LogP contribution in [0.25, 0.3) is 0 Å². The van der Waals surface area contributed by atoms with Gasteiger partial charge in [-0.3, -0.25) is 4.79 Å². The van der Waals surface area contributed by atoms with E-state index in [2.05, 4.69) is 10.5 Å². The summed E-state index contributed by atoms with van der Waals surface area (Å²) in [5.74, 6) is -0.0239. The van der Waals surface area contributed by atoms with Crippen molar-refractivity contribution in [3.63, 3.8) is 0 Å².